The highest BCUT2D eigenvalue weighted by Crippen LogP contribution is 2.19. The van der Waals surface area contributed by atoms with Crippen LogP contribution in [0, 0.1) is 5.92 Å². The Morgan fingerprint density at radius 3 is 2.22 bits per heavy atom. The van der Waals surface area contributed by atoms with Crippen LogP contribution in [0.2, 0.25) is 0 Å². The molecule has 1 saturated heterocycles. The van der Waals surface area contributed by atoms with Crippen LogP contribution in [0.5, 0.6) is 0 Å². The van der Waals surface area contributed by atoms with Crippen molar-refractivity contribution in [2.75, 3.05) is 19.3 Å². The Bertz CT molecular complexity index is 426. The summed E-state index contributed by atoms with van der Waals surface area (Å²) in [7, 11) is -3.20. The molecule has 18 heavy (non-hydrogen) atoms. The van der Waals surface area contributed by atoms with Crippen molar-refractivity contribution in [2.24, 2.45) is 5.92 Å². The van der Waals surface area contributed by atoms with Crippen molar-refractivity contribution < 1.29 is 23.1 Å². The van der Waals surface area contributed by atoms with E-state index in [1.807, 2.05) is 0 Å². The van der Waals surface area contributed by atoms with Crippen LogP contribution in [-0.2, 0) is 19.6 Å². The normalized spacial score (nSPS) is 20.3. The zero-order valence-corrected chi connectivity index (χ0v) is 11.2. The Morgan fingerprint density at radius 2 is 1.83 bits per heavy atom. The SMILES string of the molecule is C[C@H](NC(=O)C1CCN(S(C)(=O)=O)CC1)C(=O)O. The van der Waals surface area contributed by atoms with Gasteiger partial charge >= 0.3 is 5.97 Å². The summed E-state index contributed by atoms with van der Waals surface area (Å²) in [5, 5.41) is 11.1. The van der Waals surface area contributed by atoms with E-state index in [1.165, 1.54) is 11.2 Å². The number of amides is 1. The van der Waals surface area contributed by atoms with Crippen LogP contribution >= 0.6 is 0 Å². The number of nitrogens with one attached hydrogen (secondary N) is 1. The first-order chi connectivity index (χ1) is 8.21. The largest absolute Gasteiger partial charge is 0.480 e. The molecule has 2 N–H and O–H groups in total. The molecule has 0 radical (unpaired) electrons. The molecule has 0 bridgehead atoms. The minimum atomic E-state index is -3.20. The first-order valence-corrected chi connectivity index (χ1v) is 7.55. The van der Waals surface area contributed by atoms with Gasteiger partial charge in [-0.3, -0.25) is 9.59 Å². The van der Waals surface area contributed by atoms with E-state index in [4.69, 9.17) is 5.11 Å². The van der Waals surface area contributed by atoms with E-state index in [2.05, 4.69) is 5.32 Å². The molecule has 1 heterocycles. The van der Waals surface area contributed by atoms with Gasteiger partial charge in [0.1, 0.15) is 6.04 Å². The second kappa shape index (κ2) is 5.66. The number of nitrogens with zero attached hydrogens (tertiary/aromatic N) is 1. The zero-order valence-electron chi connectivity index (χ0n) is 10.4. The molecule has 1 aliphatic heterocycles. The molecule has 1 fully saturated rings. The Hall–Kier alpha value is -1.15. The van der Waals surface area contributed by atoms with Crippen LogP contribution in [-0.4, -0.2) is 55.1 Å². The van der Waals surface area contributed by atoms with Crippen LogP contribution in [0.15, 0.2) is 0 Å². The van der Waals surface area contributed by atoms with Crippen molar-refractivity contribution in [3.63, 3.8) is 0 Å². The summed E-state index contributed by atoms with van der Waals surface area (Å²) in [4.78, 5) is 22.3. The molecule has 104 valence electrons. The first-order valence-electron chi connectivity index (χ1n) is 5.70. The second-order valence-electron chi connectivity index (χ2n) is 4.50. The minimum Gasteiger partial charge on any atom is -0.480 e. The number of carboxylic acids is 1. The molecule has 0 aromatic carbocycles. The predicted molar refractivity (Wildman–Crippen MR) is 64.4 cm³/mol. The number of sulfonamides is 1. The van der Waals surface area contributed by atoms with Gasteiger partial charge < -0.3 is 10.4 Å². The van der Waals surface area contributed by atoms with Gasteiger partial charge in [-0.25, -0.2) is 12.7 Å². The molecule has 0 unspecified atom stereocenters. The lowest BCUT2D eigenvalue weighted by atomic mass is 9.97. The quantitative estimate of drug-likeness (QED) is 0.704. The Kier molecular flexibility index (Phi) is 4.69. The highest BCUT2D eigenvalue weighted by molar-refractivity contribution is 7.88. The molecular formula is C10H18N2O5S. The van der Waals surface area contributed by atoms with Crippen molar-refractivity contribution in [2.45, 2.75) is 25.8 Å². The number of piperidine rings is 1. The van der Waals surface area contributed by atoms with Crippen molar-refractivity contribution >= 4 is 21.9 Å². The predicted octanol–water partition coefficient (Wildman–Crippen LogP) is -0.753. The summed E-state index contributed by atoms with van der Waals surface area (Å²) in [6, 6.07) is -0.926. The number of hydrogen-bond donors (Lipinski definition) is 2. The minimum absolute atomic E-state index is 0.304. The third kappa shape index (κ3) is 3.95. The maximum Gasteiger partial charge on any atom is 0.325 e. The Balaban J connectivity index is 2.48. The fourth-order valence-electron chi connectivity index (χ4n) is 1.84. The fourth-order valence-corrected chi connectivity index (χ4v) is 2.72. The van der Waals surface area contributed by atoms with E-state index in [0.29, 0.717) is 25.9 Å². The summed E-state index contributed by atoms with van der Waals surface area (Å²) in [6.07, 6.45) is 1.98. The third-order valence-electron chi connectivity index (χ3n) is 3.02. The maximum atomic E-state index is 11.7. The summed E-state index contributed by atoms with van der Waals surface area (Å²) in [6.45, 7) is 2.00. The standard InChI is InChI=1S/C10H18N2O5S/c1-7(10(14)15)11-9(13)8-3-5-12(6-4-8)18(2,16)17/h7-8H,3-6H2,1-2H3,(H,11,13)(H,14,15)/t7-/m0/s1. The lowest BCUT2D eigenvalue weighted by Gasteiger charge is -2.29. The van der Waals surface area contributed by atoms with Crippen LogP contribution in [0.25, 0.3) is 0 Å². The third-order valence-corrected chi connectivity index (χ3v) is 4.33. The molecule has 8 heteroatoms. The average molecular weight is 278 g/mol. The number of rotatable bonds is 4. The molecule has 0 aromatic rings. The van der Waals surface area contributed by atoms with Gasteiger partial charge in [0.15, 0.2) is 0 Å². The number of carbonyl (C=O) groups is 2. The summed E-state index contributed by atoms with van der Waals surface area (Å²) in [5.74, 6) is -1.72. The Labute approximate surface area is 106 Å². The average Bonchev–Trinajstić information content (AvgIpc) is 2.27. The highest BCUT2D eigenvalue weighted by atomic mass is 32.2. The van der Waals surface area contributed by atoms with Crippen LogP contribution < -0.4 is 5.32 Å². The fraction of sp³-hybridized carbons (Fsp3) is 0.800. The van der Waals surface area contributed by atoms with Gasteiger partial charge in [-0.15, -0.1) is 0 Å². The van der Waals surface area contributed by atoms with Gasteiger partial charge in [-0.2, -0.15) is 0 Å². The van der Waals surface area contributed by atoms with E-state index in [-0.39, 0.29) is 11.8 Å². The lowest BCUT2D eigenvalue weighted by Crippen LogP contribution is -2.46. The summed E-state index contributed by atoms with van der Waals surface area (Å²) < 4.78 is 23.9. The van der Waals surface area contributed by atoms with Crippen molar-refractivity contribution in [3.8, 4) is 0 Å². The Morgan fingerprint density at radius 1 is 1.33 bits per heavy atom. The molecular weight excluding hydrogens is 260 g/mol. The van der Waals surface area contributed by atoms with Gasteiger partial charge in [0.25, 0.3) is 0 Å². The van der Waals surface area contributed by atoms with Crippen molar-refractivity contribution in [1.29, 1.82) is 0 Å². The first kappa shape index (κ1) is 14.9. The van der Waals surface area contributed by atoms with E-state index < -0.39 is 22.0 Å². The van der Waals surface area contributed by atoms with Crippen LogP contribution in [0.1, 0.15) is 19.8 Å². The van der Waals surface area contributed by atoms with Gasteiger partial charge in [-0.1, -0.05) is 0 Å². The molecule has 1 aliphatic rings. The zero-order chi connectivity index (χ0) is 13.9. The highest BCUT2D eigenvalue weighted by Gasteiger charge is 2.30. The number of aliphatic carboxylic acids is 1. The molecule has 0 aliphatic carbocycles. The van der Waals surface area contributed by atoms with Crippen molar-refractivity contribution in [1.82, 2.24) is 9.62 Å². The molecule has 0 saturated carbocycles. The van der Waals surface area contributed by atoms with Crippen LogP contribution in [0.4, 0.5) is 0 Å². The van der Waals surface area contributed by atoms with E-state index in [9.17, 15) is 18.0 Å². The molecule has 1 atom stereocenters. The second-order valence-corrected chi connectivity index (χ2v) is 6.49. The maximum absolute atomic E-state index is 11.7. The smallest absolute Gasteiger partial charge is 0.325 e. The number of carbonyl (C=O) groups excluding carboxylic acids is 1. The summed E-state index contributed by atoms with van der Waals surface area (Å²) in [5.41, 5.74) is 0. The lowest BCUT2D eigenvalue weighted by molar-refractivity contribution is -0.142. The van der Waals surface area contributed by atoms with Gasteiger partial charge in [0.05, 0.1) is 6.26 Å². The van der Waals surface area contributed by atoms with Crippen LogP contribution in [0.3, 0.4) is 0 Å². The molecule has 7 nitrogen and oxygen atoms in total. The number of carboxylic acid groups (broad SMARTS) is 1. The van der Waals surface area contributed by atoms with Crippen molar-refractivity contribution in [3.05, 3.63) is 0 Å². The summed E-state index contributed by atoms with van der Waals surface area (Å²) >= 11 is 0. The van der Waals surface area contributed by atoms with Gasteiger partial charge in [-0.05, 0) is 19.8 Å². The molecule has 1 amide bonds. The van der Waals surface area contributed by atoms with E-state index in [0.717, 1.165) is 6.26 Å². The molecule has 0 aromatic heterocycles. The molecule has 1 rings (SSSR count). The van der Waals surface area contributed by atoms with Gasteiger partial charge in [0, 0.05) is 19.0 Å². The number of hydrogen-bond acceptors (Lipinski definition) is 4. The molecule has 0 spiro atoms. The van der Waals surface area contributed by atoms with Gasteiger partial charge in [0.2, 0.25) is 15.9 Å². The topological polar surface area (TPSA) is 104 Å². The monoisotopic (exact) mass is 278 g/mol. The van der Waals surface area contributed by atoms with E-state index in [1.54, 1.807) is 0 Å². The van der Waals surface area contributed by atoms with E-state index >= 15 is 0 Å².